The number of nitrogens with zero attached hydrogens (tertiary/aromatic N) is 2. The number of likely N-dealkylation sites (tertiary alicyclic amines) is 2. The van der Waals surface area contributed by atoms with Crippen molar-refractivity contribution in [3.63, 3.8) is 0 Å². The van der Waals surface area contributed by atoms with Gasteiger partial charge in [-0.3, -0.25) is 9.69 Å². The number of carbonyl (C=O) groups is 1. The van der Waals surface area contributed by atoms with E-state index in [0.29, 0.717) is 11.7 Å². The molecule has 18 heavy (non-hydrogen) atoms. The van der Waals surface area contributed by atoms with Crippen molar-refractivity contribution in [2.24, 2.45) is 0 Å². The highest BCUT2D eigenvalue weighted by molar-refractivity contribution is 9.10. The molecule has 0 bridgehead atoms. The van der Waals surface area contributed by atoms with Crippen LogP contribution >= 0.6 is 15.9 Å². The van der Waals surface area contributed by atoms with E-state index in [4.69, 9.17) is 0 Å². The predicted octanol–water partition coefficient (Wildman–Crippen LogP) is 2.09. The third kappa shape index (κ3) is 2.34. The number of H-pyrrole nitrogens is 1. The number of aromatic nitrogens is 1. The SMILES string of the molecule is O=C(c1cc(Br)c[nH]1)N1CCC(N2CCCC2)C1. The molecule has 2 aliphatic rings. The van der Waals surface area contributed by atoms with Crippen LogP contribution in [-0.4, -0.2) is 52.9 Å². The highest BCUT2D eigenvalue weighted by atomic mass is 79.9. The van der Waals surface area contributed by atoms with Gasteiger partial charge in [0.2, 0.25) is 0 Å². The molecule has 98 valence electrons. The molecule has 1 amide bonds. The van der Waals surface area contributed by atoms with Crippen molar-refractivity contribution < 1.29 is 4.79 Å². The third-order valence-corrected chi connectivity index (χ3v) is 4.44. The number of hydrogen-bond donors (Lipinski definition) is 1. The lowest BCUT2D eigenvalue weighted by Gasteiger charge is -2.23. The third-order valence-electron chi connectivity index (χ3n) is 3.99. The zero-order valence-corrected chi connectivity index (χ0v) is 11.9. The predicted molar refractivity (Wildman–Crippen MR) is 73.6 cm³/mol. The summed E-state index contributed by atoms with van der Waals surface area (Å²) in [7, 11) is 0. The smallest absolute Gasteiger partial charge is 0.270 e. The van der Waals surface area contributed by atoms with Gasteiger partial charge in [-0.2, -0.15) is 0 Å². The fourth-order valence-corrected chi connectivity index (χ4v) is 3.34. The Morgan fingerprint density at radius 2 is 2.11 bits per heavy atom. The highest BCUT2D eigenvalue weighted by Gasteiger charge is 2.32. The van der Waals surface area contributed by atoms with Crippen LogP contribution in [0.4, 0.5) is 0 Å². The first-order valence-electron chi connectivity index (χ1n) is 6.61. The quantitative estimate of drug-likeness (QED) is 0.908. The Kier molecular flexibility index (Phi) is 3.43. The minimum Gasteiger partial charge on any atom is -0.356 e. The van der Waals surface area contributed by atoms with Crippen LogP contribution in [0.3, 0.4) is 0 Å². The molecule has 1 aromatic rings. The second-order valence-corrected chi connectivity index (χ2v) is 6.08. The molecule has 0 aromatic carbocycles. The molecule has 3 heterocycles. The van der Waals surface area contributed by atoms with Gasteiger partial charge in [0.15, 0.2) is 0 Å². The monoisotopic (exact) mass is 311 g/mol. The maximum Gasteiger partial charge on any atom is 0.270 e. The Bertz CT molecular complexity index is 439. The molecule has 2 fully saturated rings. The summed E-state index contributed by atoms with van der Waals surface area (Å²) in [5, 5.41) is 0. The zero-order valence-electron chi connectivity index (χ0n) is 10.4. The molecular formula is C13H18BrN3O. The fourth-order valence-electron chi connectivity index (χ4n) is 2.99. The molecular weight excluding hydrogens is 294 g/mol. The van der Waals surface area contributed by atoms with Crippen LogP contribution < -0.4 is 0 Å². The van der Waals surface area contributed by atoms with E-state index >= 15 is 0 Å². The molecule has 3 rings (SSSR count). The molecule has 1 atom stereocenters. The minimum absolute atomic E-state index is 0.127. The number of carbonyl (C=O) groups excluding carboxylic acids is 1. The van der Waals surface area contributed by atoms with Gasteiger partial charge in [0.05, 0.1) is 0 Å². The van der Waals surface area contributed by atoms with Crippen molar-refractivity contribution in [1.82, 2.24) is 14.8 Å². The van der Waals surface area contributed by atoms with Gasteiger partial charge in [-0.25, -0.2) is 0 Å². The van der Waals surface area contributed by atoms with Gasteiger partial charge in [-0.05, 0) is 54.3 Å². The van der Waals surface area contributed by atoms with E-state index < -0.39 is 0 Å². The van der Waals surface area contributed by atoms with Crippen molar-refractivity contribution in [3.8, 4) is 0 Å². The van der Waals surface area contributed by atoms with E-state index in [9.17, 15) is 4.79 Å². The largest absolute Gasteiger partial charge is 0.356 e. The second kappa shape index (κ2) is 5.05. The van der Waals surface area contributed by atoms with E-state index in [2.05, 4.69) is 25.8 Å². The number of hydrogen-bond acceptors (Lipinski definition) is 2. The van der Waals surface area contributed by atoms with Crippen LogP contribution in [0.1, 0.15) is 29.8 Å². The molecule has 0 radical (unpaired) electrons. The Labute approximate surface area is 115 Å². The summed E-state index contributed by atoms with van der Waals surface area (Å²) < 4.78 is 0.932. The summed E-state index contributed by atoms with van der Waals surface area (Å²) in [6.45, 7) is 4.19. The standard InChI is InChI=1S/C13H18BrN3O/c14-10-7-12(15-8-10)13(18)17-6-3-11(9-17)16-4-1-2-5-16/h7-8,11,15H,1-6,9H2. The first-order chi connectivity index (χ1) is 8.74. The number of nitrogens with one attached hydrogen (secondary N) is 1. The molecule has 4 nitrogen and oxygen atoms in total. The molecule has 5 heteroatoms. The molecule has 1 aromatic heterocycles. The highest BCUT2D eigenvalue weighted by Crippen LogP contribution is 2.22. The van der Waals surface area contributed by atoms with Gasteiger partial charge in [-0.1, -0.05) is 0 Å². The van der Waals surface area contributed by atoms with Crippen molar-refractivity contribution in [3.05, 3.63) is 22.4 Å². The molecule has 1 N–H and O–H groups in total. The second-order valence-electron chi connectivity index (χ2n) is 5.17. The Morgan fingerprint density at radius 3 is 2.78 bits per heavy atom. The van der Waals surface area contributed by atoms with Gasteiger partial charge in [-0.15, -0.1) is 0 Å². The Hall–Kier alpha value is -0.810. The fraction of sp³-hybridized carbons (Fsp3) is 0.615. The number of aromatic amines is 1. The Balaban J connectivity index is 1.63. The summed E-state index contributed by atoms with van der Waals surface area (Å²) in [6, 6.07) is 2.43. The number of halogens is 1. The van der Waals surface area contributed by atoms with Crippen molar-refractivity contribution in [1.29, 1.82) is 0 Å². The van der Waals surface area contributed by atoms with E-state index in [0.717, 1.165) is 24.0 Å². The van der Waals surface area contributed by atoms with Gasteiger partial charge < -0.3 is 9.88 Å². The van der Waals surface area contributed by atoms with E-state index in [1.54, 1.807) is 6.20 Å². The molecule has 0 spiro atoms. The maximum atomic E-state index is 12.3. The lowest BCUT2D eigenvalue weighted by Crippen LogP contribution is -2.37. The van der Waals surface area contributed by atoms with Crippen molar-refractivity contribution in [2.75, 3.05) is 26.2 Å². The van der Waals surface area contributed by atoms with Crippen LogP contribution in [0, 0.1) is 0 Å². The first-order valence-corrected chi connectivity index (χ1v) is 7.40. The van der Waals surface area contributed by atoms with Crippen LogP contribution in [0.15, 0.2) is 16.7 Å². The minimum atomic E-state index is 0.127. The molecule has 0 aliphatic carbocycles. The van der Waals surface area contributed by atoms with Crippen LogP contribution in [-0.2, 0) is 0 Å². The number of amides is 1. The zero-order chi connectivity index (χ0) is 12.5. The van der Waals surface area contributed by atoms with Crippen molar-refractivity contribution in [2.45, 2.75) is 25.3 Å². The summed E-state index contributed by atoms with van der Waals surface area (Å²) in [6.07, 6.45) is 5.55. The summed E-state index contributed by atoms with van der Waals surface area (Å²) in [5.74, 6) is 0.127. The van der Waals surface area contributed by atoms with Gasteiger partial charge in [0.1, 0.15) is 5.69 Å². The normalized spacial score (nSPS) is 24.9. The summed E-state index contributed by atoms with van der Waals surface area (Å²) in [4.78, 5) is 19.8. The van der Waals surface area contributed by atoms with E-state index in [-0.39, 0.29) is 5.91 Å². The maximum absolute atomic E-state index is 12.3. The van der Waals surface area contributed by atoms with E-state index in [1.165, 1.54) is 25.9 Å². The molecule has 2 saturated heterocycles. The first kappa shape index (κ1) is 12.2. The van der Waals surface area contributed by atoms with Crippen LogP contribution in [0.5, 0.6) is 0 Å². The van der Waals surface area contributed by atoms with Crippen LogP contribution in [0.2, 0.25) is 0 Å². The van der Waals surface area contributed by atoms with Gasteiger partial charge >= 0.3 is 0 Å². The summed E-state index contributed by atoms with van der Waals surface area (Å²) >= 11 is 3.36. The van der Waals surface area contributed by atoms with Crippen molar-refractivity contribution >= 4 is 21.8 Å². The Morgan fingerprint density at radius 1 is 1.33 bits per heavy atom. The average Bonchev–Trinajstić information content (AvgIpc) is 3.09. The molecule has 0 saturated carbocycles. The lowest BCUT2D eigenvalue weighted by molar-refractivity contribution is 0.0775. The van der Waals surface area contributed by atoms with Crippen LogP contribution in [0.25, 0.3) is 0 Å². The van der Waals surface area contributed by atoms with E-state index in [1.807, 2.05) is 11.0 Å². The van der Waals surface area contributed by atoms with Gasteiger partial charge in [0, 0.05) is 29.8 Å². The average molecular weight is 312 g/mol. The molecule has 2 aliphatic heterocycles. The topological polar surface area (TPSA) is 39.3 Å². The van der Waals surface area contributed by atoms with Gasteiger partial charge in [0.25, 0.3) is 5.91 Å². The summed E-state index contributed by atoms with van der Waals surface area (Å²) in [5.41, 5.74) is 0.684. The number of rotatable bonds is 2. The molecule has 1 unspecified atom stereocenters. The lowest BCUT2D eigenvalue weighted by atomic mass is 10.2.